The molecule has 0 heterocycles. The van der Waals surface area contributed by atoms with Gasteiger partial charge in [-0.3, -0.25) is 9.59 Å². The Kier molecular flexibility index (Phi) is 14.7. The average Bonchev–Trinajstić information content (AvgIpc) is 2.36. The monoisotopic (exact) mass is 426 g/mol. The Balaban J connectivity index is -0.000000602. The largest absolute Gasteiger partial charge is 2.00 e. The van der Waals surface area contributed by atoms with E-state index < -0.39 is 17.9 Å². The zero-order chi connectivity index (χ0) is 15.6. The fraction of sp³-hybridized carbons (Fsp3) is 0.875. The van der Waals surface area contributed by atoms with Crippen LogP contribution in [-0.4, -0.2) is 71.0 Å². The summed E-state index contributed by atoms with van der Waals surface area (Å²) in [6, 6.07) is 0. The summed E-state index contributed by atoms with van der Waals surface area (Å²) in [5.41, 5.74) is -0.175. The van der Waals surface area contributed by atoms with Crippen LogP contribution >= 0.6 is 0 Å². The number of carbonyl (C=O) groups is 2. The minimum atomic E-state index is -1.27. The van der Waals surface area contributed by atoms with Gasteiger partial charge in [0.1, 0.15) is 0 Å². The first kappa shape index (κ1) is 23.8. The van der Waals surface area contributed by atoms with Crippen molar-refractivity contribution in [3.05, 3.63) is 0 Å². The Morgan fingerprint density at radius 1 is 0.952 bits per heavy atom. The first-order valence-electron chi connectivity index (χ1n) is 7.82. The summed E-state index contributed by atoms with van der Waals surface area (Å²) >= 11 is 0. The van der Waals surface area contributed by atoms with E-state index in [4.69, 9.17) is 10.2 Å². The van der Waals surface area contributed by atoms with Crippen molar-refractivity contribution < 1.29 is 22.7 Å². The first-order valence-corrected chi connectivity index (χ1v) is 7.82. The maximum absolute atomic E-state index is 11.1. The van der Waals surface area contributed by atoms with Gasteiger partial charge in [-0.1, -0.05) is 59.3 Å². The second-order valence-corrected chi connectivity index (χ2v) is 6.16. The van der Waals surface area contributed by atoms with E-state index in [0.29, 0.717) is 0 Å². The number of carboxylic acid groups (broad SMARTS) is 2. The summed E-state index contributed by atoms with van der Waals surface area (Å²) in [7, 11) is 0. The van der Waals surface area contributed by atoms with Crippen molar-refractivity contribution in [3.63, 3.8) is 0 Å². The smallest absolute Gasteiger partial charge is 1.00 e. The number of unbranched alkanes of at least 4 members (excludes halogenated alkanes) is 4. The van der Waals surface area contributed by atoms with Gasteiger partial charge in [0.2, 0.25) is 0 Å². The molecule has 4 nitrogen and oxygen atoms in total. The molecule has 0 fully saturated rings. The average molecular weight is 426 g/mol. The Bertz CT molecular complexity index is 290. The molecule has 0 radical (unpaired) electrons. The maximum atomic E-state index is 11.1. The summed E-state index contributed by atoms with van der Waals surface area (Å²) in [6.07, 6.45) is 8.64. The van der Waals surface area contributed by atoms with Crippen LogP contribution in [0, 0.1) is 11.3 Å². The summed E-state index contributed by atoms with van der Waals surface area (Å²) < 4.78 is 0. The quantitative estimate of drug-likeness (QED) is 0.279. The molecule has 0 spiro atoms. The van der Waals surface area contributed by atoms with Crippen LogP contribution in [0.5, 0.6) is 0 Å². The molecule has 0 amide bonds. The Morgan fingerprint density at radius 3 is 1.62 bits per heavy atom. The molecule has 0 rings (SSSR count). The van der Waals surface area contributed by atoms with Gasteiger partial charge in [-0.2, -0.15) is 0 Å². The molecule has 0 aliphatic carbocycles. The van der Waals surface area contributed by atoms with Gasteiger partial charge in [0.15, 0.2) is 5.92 Å². The molecule has 0 aromatic carbocycles. The fourth-order valence-corrected chi connectivity index (χ4v) is 2.71. The maximum Gasteiger partial charge on any atom is 2.00 e. The van der Waals surface area contributed by atoms with Crippen LogP contribution in [-0.2, 0) is 9.59 Å². The van der Waals surface area contributed by atoms with Crippen LogP contribution in [0.4, 0.5) is 0 Å². The standard InChI is InChI=1S/C16H30O4.Ba.2H/c1-4-6-8-10-16(3,11-9-7-5-2)12-13(14(17)18)15(19)20;;;/h13H,4-12H2,1-3H3,(H,17,18)(H,19,20);;;/q;+2;2*-1. The van der Waals surface area contributed by atoms with Crippen molar-refractivity contribution in [2.75, 3.05) is 0 Å². The number of rotatable bonds is 12. The van der Waals surface area contributed by atoms with Crippen LogP contribution in [0.3, 0.4) is 0 Å². The van der Waals surface area contributed by atoms with E-state index in [1.54, 1.807) is 0 Å². The van der Waals surface area contributed by atoms with Crippen LogP contribution < -0.4 is 0 Å². The molecule has 0 atom stereocenters. The molecule has 0 saturated carbocycles. The van der Waals surface area contributed by atoms with Gasteiger partial charge in [0.05, 0.1) is 0 Å². The van der Waals surface area contributed by atoms with E-state index >= 15 is 0 Å². The predicted octanol–water partition coefficient (Wildman–Crippen LogP) is 4.17. The Labute approximate surface area is 172 Å². The number of aliphatic carboxylic acids is 2. The zero-order valence-corrected chi connectivity index (χ0v) is 18.3. The molecule has 0 saturated heterocycles. The molecule has 0 aliphatic heterocycles. The van der Waals surface area contributed by atoms with Gasteiger partial charge >= 0.3 is 60.8 Å². The molecule has 0 aromatic heterocycles. The summed E-state index contributed by atoms with van der Waals surface area (Å²) in [5.74, 6) is -3.70. The van der Waals surface area contributed by atoms with Crippen molar-refractivity contribution in [1.82, 2.24) is 0 Å². The second kappa shape index (κ2) is 13.0. The second-order valence-electron chi connectivity index (χ2n) is 6.16. The van der Waals surface area contributed by atoms with Gasteiger partial charge in [0.25, 0.3) is 0 Å². The topological polar surface area (TPSA) is 74.6 Å². The van der Waals surface area contributed by atoms with Gasteiger partial charge in [-0.05, 0) is 24.7 Å². The van der Waals surface area contributed by atoms with E-state index in [1.807, 2.05) is 0 Å². The van der Waals surface area contributed by atoms with E-state index in [-0.39, 0.29) is 63.6 Å². The molecular weight excluding hydrogens is 394 g/mol. The van der Waals surface area contributed by atoms with E-state index in [0.717, 1.165) is 51.4 Å². The normalized spacial score (nSPS) is 11.2. The molecule has 5 heteroatoms. The van der Waals surface area contributed by atoms with Crippen molar-refractivity contribution in [2.24, 2.45) is 11.3 Å². The first-order chi connectivity index (χ1) is 9.36. The molecule has 0 aromatic rings. The molecule has 2 N–H and O–H groups in total. The van der Waals surface area contributed by atoms with Crippen molar-refractivity contribution in [1.29, 1.82) is 0 Å². The van der Waals surface area contributed by atoms with Gasteiger partial charge < -0.3 is 13.1 Å². The van der Waals surface area contributed by atoms with E-state index in [9.17, 15) is 9.59 Å². The third-order valence-electron chi connectivity index (χ3n) is 4.06. The summed E-state index contributed by atoms with van der Waals surface area (Å²) in [5, 5.41) is 18.1. The summed E-state index contributed by atoms with van der Waals surface area (Å²) in [6.45, 7) is 6.31. The van der Waals surface area contributed by atoms with Gasteiger partial charge in [-0.25, -0.2) is 0 Å². The molecule has 122 valence electrons. The zero-order valence-electron chi connectivity index (χ0n) is 15.9. The number of hydrogen-bond donors (Lipinski definition) is 2. The van der Waals surface area contributed by atoms with Crippen LogP contribution in [0.25, 0.3) is 0 Å². The minimum absolute atomic E-state index is 0. The number of carboxylic acids is 2. The van der Waals surface area contributed by atoms with E-state index in [1.165, 1.54) is 0 Å². The molecular formula is C16H32BaO4. The molecule has 0 aliphatic rings. The van der Waals surface area contributed by atoms with Crippen molar-refractivity contribution in [3.8, 4) is 0 Å². The molecule has 0 unspecified atom stereocenters. The van der Waals surface area contributed by atoms with Crippen molar-refractivity contribution in [2.45, 2.75) is 78.6 Å². The summed E-state index contributed by atoms with van der Waals surface area (Å²) in [4.78, 5) is 22.2. The third-order valence-corrected chi connectivity index (χ3v) is 4.06. The molecule has 0 bridgehead atoms. The predicted molar refractivity (Wildman–Crippen MR) is 87.7 cm³/mol. The van der Waals surface area contributed by atoms with Crippen LogP contribution in [0.1, 0.15) is 81.4 Å². The minimum Gasteiger partial charge on any atom is -1.00 e. The fourth-order valence-electron chi connectivity index (χ4n) is 2.71. The van der Waals surface area contributed by atoms with Crippen LogP contribution in [0.15, 0.2) is 0 Å². The Hall–Kier alpha value is 0.511. The van der Waals surface area contributed by atoms with Crippen molar-refractivity contribution >= 4 is 60.8 Å². The van der Waals surface area contributed by atoms with E-state index in [2.05, 4.69) is 20.8 Å². The number of hydrogen-bond acceptors (Lipinski definition) is 2. The third kappa shape index (κ3) is 10.8. The Morgan fingerprint density at radius 2 is 1.33 bits per heavy atom. The van der Waals surface area contributed by atoms with Gasteiger partial charge in [0, 0.05) is 0 Å². The van der Waals surface area contributed by atoms with Gasteiger partial charge in [-0.15, -0.1) is 0 Å². The molecule has 21 heavy (non-hydrogen) atoms. The SMILES string of the molecule is CCCCCC(C)(CCCCC)CC(C(=O)O)C(=O)O.[Ba+2].[H-].[H-]. The van der Waals surface area contributed by atoms with Crippen LogP contribution in [0.2, 0.25) is 0 Å².